The van der Waals surface area contributed by atoms with Gasteiger partial charge in [0.25, 0.3) is 5.91 Å². The van der Waals surface area contributed by atoms with E-state index < -0.39 is 0 Å². The van der Waals surface area contributed by atoms with Crippen molar-refractivity contribution in [2.24, 2.45) is 0 Å². The zero-order valence-corrected chi connectivity index (χ0v) is 11.3. The Kier molecular flexibility index (Phi) is 2.47. The smallest absolute Gasteiger partial charge is 0.262 e. The standard InChI is InChI=1S/C14H12N4O3/c1-15-14-16-5-9-10(17-14)6-18(13(9)19)8-2-3-11-12(4-8)21-7-20-11/h2-5H,6-7H2,1H3,(H,15,16,17). The third-order valence-corrected chi connectivity index (χ3v) is 3.54. The third-order valence-electron chi connectivity index (χ3n) is 3.54. The van der Waals surface area contributed by atoms with Crippen LogP contribution in [0.2, 0.25) is 0 Å². The van der Waals surface area contributed by atoms with Gasteiger partial charge in [0.05, 0.1) is 17.8 Å². The van der Waals surface area contributed by atoms with Gasteiger partial charge >= 0.3 is 0 Å². The Morgan fingerprint density at radius 1 is 1.29 bits per heavy atom. The lowest BCUT2D eigenvalue weighted by Gasteiger charge is -2.15. The van der Waals surface area contributed by atoms with Crippen LogP contribution < -0.4 is 19.7 Å². The summed E-state index contributed by atoms with van der Waals surface area (Å²) in [5.41, 5.74) is 2.01. The van der Waals surface area contributed by atoms with Gasteiger partial charge in [0, 0.05) is 25.0 Å². The first-order valence-electron chi connectivity index (χ1n) is 6.51. The average Bonchev–Trinajstić information content (AvgIpc) is 3.10. The van der Waals surface area contributed by atoms with Gasteiger partial charge < -0.3 is 19.7 Å². The maximum atomic E-state index is 12.5. The second-order valence-electron chi connectivity index (χ2n) is 4.73. The van der Waals surface area contributed by atoms with E-state index >= 15 is 0 Å². The highest BCUT2D eigenvalue weighted by Gasteiger charge is 2.31. The average molecular weight is 284 g/mol. The highest BCUT2D eigenvalue weighted by molar-refractivity contribution is 6.09. The Morgan fingerprint density at radius 2 is 2.14 bits per heavy atom. The lowest BCUT2D eigenvalue weighted by atomic mass is 10.2. The number of rotatable bonds is 2. The molecule has 3 heterocycles. The summed E-state index contributed by atoms with van der Waals surface area (Å²) in [5, 5.41) is 2.87. The molecule has 0 unspecified atom stereocenters. The lowest BCUT2D eigenvalue weighted by molar-refractivity contribution is 0.0996. The predicted octanol–water partition coefficient (Wildman–Crippen LogP) is 1.41. The molecule has 1 aromatic carbocycles. The van der Waals surface area contributed by atoms with Gasteiger partial charge in [-0.2, -0.15) is 0 Å². The second-order valence-corrected chi connectivity index (χ2v) is 4.73. The Hall–Kier alpha value is -2.83. The number of nitrogens with zero attached hydrogens (tertiary/aromatic N) is 3. The van der Waals surface area contributed by atoms with E-state index in [0.29, 0.717) is 29.6 Å². The van der Waals surface area contributed by atoms with Gasteiger partial charge in [-0.1, -0.05) is 0 Å². The Bertz CT molecular complexity index is 747. The first-order valence-corrected chi connectivity index (χ1v) is 6.51. The maximum Gasteiger partial charge on any atom is 0.262 e. The van der Waals surface area contributed by atoms with Gasteiger partial charge in [0.1, 0.15) is 0 Å². The van der Waals surface area contributed by atoms with E-state index in [0.717, 1.165) is 11.4 Å². The fraction of sp³-hybridized carbons (Fsp3) is 0.214. The minimum absolute atomic E-state index is 0.105. The van der Waals surface area contributed by atoms with Crippen molar-refractivity contribution < 1.29 is 14.3 Å². The molecule has 21 heavy (non-hydrogen) atoms. The second kappa shape index (κ2) is 4.34. The molecule has 1 N–H and O–H groups in total. The van der Waals surface area contributed by atoms with E-state index in [4.69, 9.17) is 9.47 Å². The third kappa shape index (κ3) is 1.78. The van der Waals surface area contributed by atoms with Gasteiger partial charge in [-0.05, 0) is 12.1 Å². The van der Waals surface area contributed by atoms with Crippen LogP contribution in [0.3, 0.4) is 0 Å². The molecule has 0 fully saturated rings. The van der Waals surface area contributed by atoms with Crippen LogP contribution in [0.1, 0.15) is 16.1 Å². The highest BCUT2D eigenvalue weighted by atomic mass is 16.7. The van der Waals surface area contributed by atoms with E-state index in [-0.39, 0.29) is 12.7 Å². The predicted molar refractivity (Wildman–Crippen MR) is 74.7 cm³/mol. The number of nitrogens with one attached hydrogen (secondary N) is 1. The quantitative estimate of drug-likeness (QED) is 0.898. The molecular formula is C14H12N4O3. The van der Waals surface area contributed by atoms with Crippen LogP contribution in [-0.4, -0.2) is 29.7 Å². The summed E-state index contributed by atoms with van der Waals surface area (Å²) in [4.78, 5) is 22.5. The molecule has 2 aliphatic heterocycles. The summed E-state index contributed by atoms with van der Waals surface area (Å²) in [6.07, 6.45) is 1.56. The first kappa shape index (κ1) is 12.0. The summed E-state index contributed by atoms with van der Waals surface area (Å²) >= 11 is 0. The highest BCUT2D eigenvalue weighted by Crippen LogP contribution is 2.37. The van der Waals surface area contributed by atoms with Crippen molar-refractivity contribution in [3.63, 3.8) is 0 Å². The number of ether oxygens (including phenoxy) is 2. The summed E-state index contributed by atoms with van der Waals surface area (Å²) < 4.78 is 10.6. The van der Waals surface area contributed by atoms with Crippen molar-refractivity contribution >= 4 is 17.5 Å². The summed E-state index contributed by atoms with van der Waals surface area (Å²) in [7, 11) is 1.74. The molecule has 2 aromatic rings. The molecule has 0 atom stereocenters. The fourth-order valence-corrected chi connectivity index (χ4v) is 2.47. The molecule has 7 heteroatoms. The topological polar surface area (TPSA) is 76.6 Å². The molecule has 0 aliphatic carbocycles. The summed E-state index contributed by atoms with van der Waals surface area (Å²) in [6.45, 7) is 0.634. The van der Waals surface area contributed by atoms with Crippen LogP contribution in [0.5, 0.6) is 11.5 Å². The van der Waals surface area contributed by atoms with Crippen molar-refractivity contribution in [3.8, 4) is 11.5 Å². The molecule has 1 aromatic heterocycles. The van der Waals surface area contributed by atoms with E-state index in [9.17, 15) is 4.79 Å². The van der Waals surface area contributed by atoms with Crippen LogP contribution in [-0.2, 0) is 6.54 Å². The lowest BCUT2D eigenvalue weighted by Crippen LogP contribution is -2.22. The molecule has 1 amide bonds. The van der Waals surface area contributed by atoms with Crippen LogP contribution >= 0.6 is 0 Å². The van der Waals surface area contributed by atoms with Gasteiger partial charge in [-0.15, -0.1) is 0 Å². The number of carbonyl (C=O) groups is 1. The number of fused-ring (bicyclic) bond motifs is 2. The van der Waals surface area contributed by atoms with Gasteiger partial charge in [0.2, 0.25) is 12.7 Å². The van der Waals surface area contributed by atoms with E-state index in [2.05, 4.69) is 15.3 Å². The van der Waals surface area contributed by atoms with Crippen molar-refractivity contribution in [1.82, 2.24) is 9.97 Å². The minimum Gasteiger partial charge on any atom is -0.454 e. The van der Waals surface area contributed by atoms with Crippen LogP contribution in [0.25, 0.3) is 0 Å². The van der Waals surface area contributed by atoms with Gasteiger partial charge in [-0.25, -0.2) is 9.97 Å². The number of hydrogen-bond acceptors (Lipinski definition) is 6. The zero-order valence-electron chi connectivity index (χ0n) is 11.3. The number of carbonyl (C=O) groups excluding carboxylic acids is 1. The molecule has 106 valence electrons. The van der Waals surface area contributed by atoms with E-state index in [1.54, 1.807) is 30.3 Å². The SMILES string of the molecule is CNc1ncc2c(n1)CN(c1ccc3c(c1)OCO3)C2=O. The van der Waals surface area contributed by atoms with Crippen LogP contribution in [0.4, 0.5) is 11.6 Å². The summed E-state index contributed by atoms with van der Waals surface area (Å²) in [5.74, 6) is 1.75. The molecule has 0 saturated carbocycles. The zero-order chi connectivity index (χ0) is 14.4. The molecule has 0 bridgehead atoms. The van der Waals surface area contributed by atoms with Crippen LogP contribution in [0, 0.1) is 0 Å². The van der Waals surface area contributed by atoms with Crippen LogP contribution in [0.15, 0.2) is 24.4 Å². The number of benzene rings is 1. The number of aromatic nitrogens is 2. The Morgan fingerprint density at radius 3 is 3.00 bits per heavy atom. The molecule has 0 saturated heterocycles. The largest absolute Gasteiger partial charge is 0.454 e. The monoisotopic (exact) mass is 284 g/mol. The molecule has 0 radical (unpaired) electrons. The van der Waals surface area contributed by atoms with Crippen molar-refractivity contribution in [1.29, 1.82) is 0 Å². The normalized spacial score (nSPS) is 15.3. The molecule has 4 rings (SSSR count). The number of anilines is 2. The fourth-order valence-electron chi connectivity index (χ4n) is 2.47. The molecular weight excluding hydrogens is 272 g/mol. The van der Waals surface area contributed by atoms with E-state index in [1.165, 1.54) is 0 Å². The maximum absolute atomic E-state index is 12.5. The van der Waals surface area contributed by atoms with E-state index in [1.807, 2.05) is 6.07 Å². The minimum atomic E-state index is -0.105. The van der Waals surface area contributed by atoms with Gasteiger partial charge in [-0.3, -0.25) is 4.79 Å². The van der Waals surface area contributed by atoms with Crippen molar-refractivity contribution in [2.75, 3.05) is 24.1 Å². The summed E-state index contributed by atoms with van der Waals surface area (Å²) in [6, 6.07) is 5.45. The number of amides is 1. The molecule has 2 aliphatic rings. The first-order chi connectivity index (χ1) is 10.3. The van der Waals surface area contributed by atoms with Gasteiger partial charge in [0.15, 0.2) is 11.5 Å². The van der Waals surface area contributed by atoms with Crippen molar-refractivity contribution in [3.05, 3.63) is 35.7 Å². The Balaban J connectivity index is 1.70. The number of hydrogen-bond donors (Lipinski definition) is 1. The molecule has 0 spiro atoms. The Labute approximate surface area is 120 Å². The van der Waals surface area contributed by atoms with Crippen molar-refractivity contribution in [2.45, 2.75) is 6.54 Å². The molecule has 7 nitrogen and oxygen atoms in total.